The first kappa shape index (κ1) is 12.7. The maximum Gasteiger partial charge on any atom is 0.323 e. The van der Waals surface area contributed by atoms with Crippen molar-refractivity contribution in [1.29, 1.82) is 0 Å². The standard InChI is InChI=1S/C13H17NO4/c1-13(2)8-6-11(16)10(15)5-7(8)4-9(14-13)12(17)18-3/h5-6,9,14-16H,4H2,1-3H3/t9-/m1/s1. The topological polar surface area (TPSA) is 78.8 Å². The number of carbonyl (C=O) groups excluding carboxylic acids is 1. The van der Waals surface area contributed by atoms with E-state index in [1.807, 2.05) is 13.8 Å². The molecule has 1 heterocycles. The Morgan fingerprint density at radius 1 is 1.39 bits per heavy atom. The molecule has 5 heteroatoms. The summed E-state index contributed by atoms with van der Waals surface area (Å²) in [6, 6.07) is 2.59. The molecule has 1 aliphatic rings. The maximum atomic E-state index is 11.6. The van der Waals surface area contributed by atoms with Gasteiger partial charge in [-0.15, -0.1) is 0 Å². The Bertz CT molecular complexity index is 496. The molecule has 0 aromatic heterocycles. The SMILES string of the molecule is COC(=O)[C@H]1Cc2cc(O)c(O)cc2C(C)(C)N1. The molecule has 0 spiro atoms. The number of hydrogen-bond donors (Lipinski definition) is 3. The molecule has 98 valence electrons. The lowest BCUT2D eigenvalue weighted by Crippen LogP contribution is -2.53. The van der Waals surface area contributed by atoms with E-state index in [0.29, 0.717) is 6.42 Å². The van der Waals surface area contributed by atoms with Gasteiger partial charge in [0.25, 0.3) is 0 Å². The number of aromatic hydroxyl groups is 2. The van der Waals surface area contributed by atoms with E-state index in [1.54, 1.807) is 0 Å². The van der Waals surface area contributed by atoms with Gasteiger partial charge in [-0.3, -0.25) is 10.1 Å². The number of rotatable bonds is 1. The van der Waals surface area contributed by atoms with Crippen molar-refractivity contribution in [3.05, 3.63) is 23.3 Å². The van der Waals surface area contributed by atoms with Crippen LogP contribution in [0.4, 0.5) is 0 Å². The van der Waals surface area contributed by atoms with E-state index in [2.05, 4.69) is 5.32 Å². The number of benzene rings is 1. The fraction of sp³-hybridized carbons (Fsp3) is 0.462. The van der Waals surface area contributed by atoms with Crippen LogP contribution in [-0.2, 0) is 21.5 Å². The van der Waals surface area contributed by atoms with Gasteiger partial charge in [0.15, 0.2) is 11.5 Å². The predicted octanol–water partition coefficient (Wildman–Crippen LogP) is 1.02. The number of fused-ring (bicyclic) bond motifs is 1. The van der Waals surface area contributed by atoms with E-state index >= 15 is 0 Å². The van der Waals surface area contributed by atoms with Crippen molar-refractivity contribution >= 4 is 5.97 Å². The zero-order valence-electron chi connectivity index (χ0n) is 10.7. The van der Waals surface area contributed by atoms with Crippen LogP contribution in [0.3, 0.4) is 0 Å². The fourth-order valence-electron chi connectivity index (χ4n) is 2.44. The molecule has 1 aromatic carbocycles. The normalized spacial score (nSPS) is 21.2. The molecule has 0 radical (unpaired) electrons. The first-order valence-corrected chi connectivity index (χ1v) is 5.76. The molecule has 0 aliphatic carbocycles. The highest BCUT2D eigenvalue weighted by Gasteiger charge is 2.36. The molecule has 3 N–H and O–H groups in total. The zero-order chi connectivity index (χ0) is 13.5. The number of carbonyl (C=O) groups is 1. The molecule has 0 saturated carbocycles. The van der Waals surface area contributed by atoms with Crippen molar-refractivity contribution in [2.24, 2.45) is 0 Å². The van der Waals surface area contributed by atoms with Crippen LogP contribution in [-0.4, -0.2) is 29.3 Å². The van der Waals surface area contributed by atoms with Crippen LogP contribution in [0.5, 0.6) is 11.5 Å². The molecule has 0 amide bonds. The van der Waals surface area contributed by atoms with E-state index < -0.39 is 11.6 Å². The van der Waals surface area contributed by atoms with Crippen molar-refractivity contribution in [1.82, 2.24) is 5.32 Å². The third-order valence-electron chi connectivity index (χ3n) is 3.32. The lowest BCUT2D eigenvalue weighted by molar-refractivity contribution is -0.144. The predicted molar refractivity (Wildman–Crippen MR) is 65.4 cm³/mol. The third-order valence-corrected chi connectivity index (χ3v) is 3.32. The molecular weight excluding hydrogens is 234 g/mol. The minimum Gasteiger partial charge on any atom is -0.504 e. The van der Waals surface area contributed by atoms with Gasteiger partial charge in [0.05, 0.1) is 7.11 Å². The molecule has 0 unspecified atom stereocenters. The molecule has 0 fully saturated rings. The summed E-state index contributed by atoms with van der Waals surface area (Å²) < 4.78 is 4.74. The number of ether oxygens (including phenoxy) is 1. The highest BCUT2D eigenvalue weighted by atomic mass is 16.5. The van der Waals surface area contributed by atoms with E-state index in [1.165, 1.54) is 19.2 Å². The average molecular weight is 251 g/mol. The minimum atomic E-state index is -0.475. The Hall–Kier alpha value is -1.75. The third kappa shape index (κ3) is 2.01. The summed E-state index contributed by atoms with van der Waals surface area (Å²) in [5.41, 5.74) is 1.24. The minimum absolute atomic E-state index is 0.153. The molecular formula is C13H17NO4. The van der Waals surface area contributed by atoms with Crippen LogP contribution >= 0.6 is 0 Å². The molecule has 1 aromatic rings. The maximum absolute atomic E-state index is 11.6. The monoisotopic (exact) mass is 251 g/mol. The Morgan fingerprint density at radius 2 is 2.00 bits per heavy atom. The van der Waals surface area contributed by atoms with Gasteiger partial charge in [-0.05, 0) is 43.5 Å². The second-order valence-electron chi connectivity index (χ2n) is 5.05. The molecule has 5 nitrogen and oxygen atoms in total. The summed E-state index contributed by atoms with van der Waals surface area (Å²) >= 11 is 0. The van der Waals surface area contributed by atoms with Gasteiger partial charge >= 0.3 is 5.97 Å². The number of hydrogen-bond acceptors (Lipinski definition) is 5. The fourth-order valence-corrected chi connectivity index (χ4v) is 2.44. The van der Waals surface area contributed by atoms with Gasteiger partial charge < -0.3 is 14.9 Å². The van der Waals surface area contributed by atoms with Gasteiger partial charge in [-0.2, -0.15) is 0 Å². The smallest absolute Gasteiger partial charge is 0.323 e. The molecule has 1 aliphatic heterocycles. The second-order valence-corrected chi connectivity index (χ2v) is 5.05. The van der Waals surface area contributed by atoms with Crippen molar-refractivity contribution < 1.29 is 19.7 Å². The largest absolute Gasteiger partial charge is 0.504 e. The lowest BCUT2D eigenvalue weighted by atomic mass is 9.82. The molecule has 18 heavy (non-hydrogen) atoms. The van der Waals surface area contributed by atoms with Gasteiger partial charge in [-0.25, -0.2) is 0 Å². The molecule has 2 rings (SSSR count). The Labute approximate surface area is 105 Å². The van der Waals surface area contributed by atoms with Crippen LogP contribution in [0, 0.1) is 0 Å². The molecule has 0 bridgehead atoms. The Morgan fingerprint density at radius 3 is 2.61 bits per heavy atom. The van der Waals surface area contributed by atoms with Crippen LogP contribution in [0.25, 0.3) is 0 Å². The Balaban J connectivity index is 2.46. The average Bonchev–Trinajstić information content (AvgIpc) is 2.30. The van der Waals surface area contributed by atoms with E-state index in [9.17, 15) is 15.0 Å². The van der Waals surface area contributed by atoms with Crippen molar-refractivity contribution in [2.75, 3.05) is 7.11 Å². The molecule has 1 atom stereocenters. The number of phenols is 2. The van der Waals surface area contributed by atoms with Crippen LogP contribution in [0.15, 0.2) is 12.1 Å². The second kappa shape index (κ2) is 4.17. The summed E-state index contributed by atoms with van der Waals surface area (Å²) in [6.07, 6.45) is 0.430. The zero-order valence-corrected chi connectivity index (χ0v) is 10.7. The van der Waals surface area contributed by atoms with Gasteiger partial charge in [0, 0.05) is 5.54 Å². The van der Waals surface area contributed by atoms with Crippen molar-refractivity contribution in [3.8, 4) is 11.5 Å². The summed E-state index contributed by atoms with van der Waals surface area (Å²) in [7, 11) is 1.35. The number of methoxy groups -OCH3 is 1. The quantitative estimate of drug-likeness (QED) is 0.513. The van der Waals surface area contributed by atoms with Crippen LogP contribution in [0.2, 0.25) is 0 Å². The summed E-state index contributed by atoms with van der Waals surface area (Å²) in [4.78, 5) is 11.6. The Kier molecular flexibility index (Phi) is 2.94. The van der Waals surface area contributed by atoms with E-state index in [0.717, 1.165) is 11.1 Å². The number of esters is 1. The highest BCUT2D eigenvalue weighted by molar-refractivity contribution is 5.77. The van der Waals surface area contributed by atoms with Crippen molar-refractivity contribution in [2.45, 2.75) is 31.8 Å². The number of phenolic OH excluding ortho intramolecular Hbond substituents is 2. The lowest BCUT2D eigenvalue weighted by Gasteiger charge is -2.38. The van der Waals surface area contributed by atoms with Gasteiger partial charge in [0.2, 0.25) is 0 Å². The highest BCUT2D eigenvalue weighted by Crippen LogP contribution is 2.37. The van der Waals surface area contributed by atoms with Crippen LogP contribution < -0.4 is 5.32 Å². The van der Waals surface area contributed by atoms with Crippen molar-refractivity contribution in [3.63, 3.8) is 0 Å². The van der Waals surface area contributed by atoms with Crippen LogP contribution in [0.1, 0.15) is 25.0 Å². The van der Waals surface area contributed by atoms with Gasteiger partial charge in [0.1, 0.15) is 6.04 Å². The first-order chi connectivity index (χ1) is 8.35. The van der Waals surface area contributed by atoms with E-state index in [-0.39, 0.29) is 17.5 Å². The summed E-state index contributed by atoms with van der Waals surface area (Å²) in [6.45, 7) is 3.83. The first-order valence-electron chi connectivity index (χ1n) is 5.76. The van der Waals surface area contributed by atoms with E-state index in [4.69, 9.17) is 4.74 Å². The van der Waals surface area contributed by atoms with Gasteiger partial charge in [-0.1, -0.05) is 0 Å². The molecule has 0 saturated heterocycles. The number of nitrogens with one attached hydrogen (secondary N) is 1. The summed E-state index contributed by atoms with van der Waals surface area (Å²) in [5, 5.41) is 22.3. The summed E-state index contributed by atoms with van der Waals surface area (Å²) in [5.74, 6) is -0.656.